The van der Waals surface area contributed by atoms with Crippen LogP contribution < -0.4 is 0 Å². The van der Waals surface area contributed by atoms with Crippen molar-refractivity contribution >= 4 is 17.9 Å². The van der Waals surface area contributed by atoms with Crippen LogP contribution in [0.5, 0.6) is 0 Å². The minimum Gasteiger partial charge on any atom is -0.284 e. The number of hydrogen-bond donors (Lipinski definition) is 0. The molecule has 1 radical (unpaired) electrons. The highest BCUT2D eigenvalue weighted by Gasteiger charge is 2.08. The molecule has 1 amide bonds. The molecule has 0 aromatic carbocycles. The summed E-state index contributed by atoms with van der Waals surface area (Å²) in [7, 11) is 0. The fourth-order valence-corrected chi connectivity index (χ4v) is 0.334. The lowest BCUT2D eigenvalue weighted by Gasteiger charge is -1.87. The van der Waals surface area contributed by atoms with Crippen molar-refractivity contribution in [2.24, 2.45) is 4.99 Å². The molecular formula is C5H2NO2. The maximum absolute atomic E-state index is 10.2. The van der Waals surface area contributed by atoms with Crippen LogP contribution in [0.15, 0.2) is 11.1 Å². The molecule has 0 saturated heterocycles. The van der Waals surface area contributed by atoms with Gasteiger partial charge in [-0.25, -0.2) is 4.99 Å². The quantitative estimate of drug-likeness (QED) is 0.393. The Morgan fingerprint density at radius 1 is 1.50 bits per heavy atom. The van der Waals surface area contributed by atoms with Gasteiger partial charge >= 0.3 is 5.91 Å². The molecule has 1 heterocycles. The first-order valence-corrected chi connectivity index (χ1v) is 2.01. The lowest BCUT2D eigenvalue weighted by Crippen LogP contribution is -2.10. The predicted molar refractivity (Wildman–Crippen MR) is 26.3 cm³/mol. The summed E-state index contributed by atoms with van der Waals surface area (Å²) in [6, 6.07) is 0. The Balaban J connectivity index is 2.89. The first-order chi connectivity index (χ1) is 3.80. The standard InChI is InChI=1S/C5H2NO2/c7-4-2-1-3-6-5(4)8/h2-3H. The summed E-state index contributed by atoms with van der Waals surface area (Å²) in [5.41, 5.74) is 0. The minimum absolute atomic E-state index is 0.604. The van der Waals surface area contributed by atoms with Crippen molar-refractivity contribution in [3.05, 3.63) is 12.2 Å². The van der Waals surface area contributed by atoms with Crippen molar-refractivity contribution in [1.29, 1.82) is 0 Å². The van der Waals surface area contributed by atoms with E-state index in [1.807, 2.05) is 0 Å². The van der Waals surface area contributed by atoms with Gasteiger partial charge in [-0.2, -0.15) is 0 Å². The lowest BCUT2D eigenvalue weighted by molar-refractivity contribution is -0.133. The summed E-state index contributed by atoms with van der Waals surface area (Å²) in [5, 5.41) is 0. The highest BCUT2D eigenvalue weighted by molar-refractivity contribution is 6.43. The zero-order valence-corrected chi connectivity index (χ0v) is 3.92. The number of dihydropyridines is 1. The van der Waals surface area contributed by atoms with E-state index in [9.17, 15) is 9.59 Å². The average Bonchev–Trinajstić information content (AvgIpc) is 1.77. The number of carbonyl (C=O) groups is 2. The molecule has 8 heavy (non-hydrogen) atoms. The number of hydrogen-bond acceptors (Lipinski definition) is 2. The van der Waals surface area contributed by atoms with E-state index in [1.54, 1.807) is 0 Å². The monoisotopic (exact) mass is 108 g/mol. The Morgan fingerprint density at radius 3 is 2.62 bits per heavy atom. The van der Waals surface area contributed by atoms with Crippen molar-refractivity contribution in [2.75, 3.05) is 0 Å². The summed E-state index contributed by atoms with van der Waals surface area (Å²) in [6.45, 7) is 0. The molecule has 0 aliphatic carbocycles. The van der Waals surface area contributed by atoms with Gasteiger partial charge in [-0.05, 0) is 0 Å². The van der Waals surface area contributed by atoms with Crippen molar-refractivity contribution < 1.29 is 9.59 Å². The summed E-state index contributed by atoms with van der Waals surface area (Å²) < 4.78 is 0. The number of ketones is 1. The van der Waals surface area contributed by atoms with Gasteiger partial charge in [0.05, 0.1) is 0 Å². The lowest BCUT2D eigenvalue weighted by atomic mass is 10.3. The van der Waals surface area contributed by atoms with Crippen LogP contribution in [0.1, 0.15) is 0 Å². The van der Waals surface area contributed by atoms with Crippen LogP contribution in [0.3, 0.4) is 0 Å². The molecular weight excluding hydrogens is 106 g/mol. The Hall–Kier alpha value is -1.25. The highest BCUT2D eigenvalue weighted by Crippen LogP contribution is 1.85. The number of nitrogens with zero attached hydrogens (tertiary/aromatic N) is 1. The highest BCUT2D eigenvalue weighted by atomic mass is 16.2. The Morgan fingerprint density at radius 2 is 2.25 bits per heavy atom. The van der Waals surface area contributed by atoms with E-state index in [2.05, 4.69) is 11.1 Å². The summed E-state index contributed by atoms with van der Waals surface area (Å²) in [5.74, 6) is -1.32. The summed E-state index contributed by atoms with van der Waals surface area (Å²) >= 11 is 0. The molecule has 0 N–H and O–H groups in total. The van der Waals surface area contributed by atoms with Crippen LogP contribution >= 0.6 is 0 Å². The summed E-state index contributed by atoms with van der Waals surface area (Å²) in [6.07, 6.45) is 4.61. The number of aliphatic imine (C=N–C) groups is 1. The first kappa shape index (κ1) is 4.90. The van der Waals surface area contributed by atoms with E-state index in [0.29, 0.717) is 0 Å². The van der Waals surface area contributed by atoms with Crippen molar-refractivity contribution in [1.82, 2.24) is 0 Å². The molecule has 0 saturated carbocycles. The van der Waals surface area contributed by atoms with Crippen molar-refractivity contribution in [3.63, 3.8) is 0 Å². The SMILES string of the molecule is O=C1C=[C]C=NC1=O. The van der Waals surface area contributed by atoms with E-state index >= 15 is 0 Å². The fourth-order valence-electron chi connectivity index (χ4n) is 0.334. The zero-order chi connectivity index (χ0) is 5.98. The smallest absolute Gasteiger partial charge is 0.284 e. The predicted octanol–water partition coefficient (Wildman–Crippen LogP) is -0.474. The third-order valence-electron chi connectivity index (χ3n) is 0.682. The third-order valence-corrected chi connectivity index (χ3v) is 0.682. The number of amides is 1. The molecule has 1 aliphatic heterocycles. The van der Waals surface area contributed by atoms with Gasteiger partial charge in [0.2, 0.25) is 5.78 Å². The molecule has 3 heteroatoms. The number of rotatable bonds is 0. The molecule has 3 nitrogen and oxygen atoms in total. The summed E-state index contributed by atoms with van der Waals surface area (Å²) in [4.78, 5) is 23.5. The normalized spacial score (nSPS) is 17.5. The largest absolute Gasteiger partial charge is 0.317 e. The molecule has 0 fully saturated rings. The van der Waals surface area contributed by atoms with Gasteiger partial charge in [-0.15, -0.1) is 0 Å². The zero-order valence-electron chi connectivity index (χ0n) is 3.92. The van der Waals surface area contributed by atoms with Crippen LogP contribution in [0.4, 0.5) is 0 Å². The Labute approximate surface area is 45.7 Å². The maximum Gasteiger partial charge on any atom is 0.317 e. The second kappa shape index (κ2) is 1.69. The maximum atomic E-state index is 10.2. The van der Waals surface area contributed by atoms with Gasteiger partial charge in [0.1, 0.15) is 0 Å². The van der Waals surface area contributed by atoms with Crippen molar-refractivity contribution in [2.45, 2.75) is 0 Å². The number of allylic oxidation sites excluding steroid dienone is 1. The molecule has 0 aromatic heterocycles. The molecule has 0 aromatic rings. The molecule has 0 spiro atoms. The Bertz CT molecular complexity index is 169. The van der Waals surface area contributed by atoms with Gasteiger partial charge in [0, 0.05) is 18.4 Å². The van der Waals surface area contributed by atoms with E-state index in [1.165, 1.54) is 6.21 Å². The van der Waals surface area contributed by atoms with Crippen LogP contribution in [0.2, 0.25) is 0 Å². The van der Waals surface area contributed by atoms with Gasteiger partial charge in [0.25, 0.3) is 0 Å². The molecule has 0 atom stereocenters. The van der Waals surface area contributed by atoms with Crippen molar-refractivity contribution in [3.8, 4) is 0 Å². The van der Waals surface area contributed by atoms with Gasteiger partial charge < -0.3 is 0 Å². The second-order valence-electron chi connectivity index (χ2n) is 1.24. The average molecular weight is 108 g/mol. The minimum atomic E-state index is -0.719. The Kier molecular flexibility index (Phi) is 1.04. The van der Waals surface area contributed by atoms with Gasteiger partial charge in [-0.1, -0.05) is 0 Å². The van der Waals surface area contributed by atoms with Gasteiger partial charge in [-0.3, -0.25) is 9.59 Å². The molecule has 1 aliphatic rings. The van der Waals surface area contributed by atoms with Crippen LogP contribution in [-0.2, 0) is 9.59 Å². The number of carbonyl (C=O) groups excluding carboxylic acids is 2. The van der Waals surface area contributed by atoms with E-state index in [0.717, 1.165) is 6.08 Å². The van der Waals surface area contributed by atoms with E-state index in [4.69, 9.17) is 0 Å². The van der Waals surface area contributed by atoms with E-state index < -0.39 is 11.7 Å². The van der Waals surface area contributed by atoms with Crippen LogP contribution in [-0.4, -0.2) is 17.9 Å². The third kappa shape index (κ3) is 0.703. The first-order valence-electron chi connectivity index (χ1n) is 2.01. The fraction of sp³-hybridized carbons (Fsp3) is 0. The van der Waals surface area contributed by atoms with E-state index in [-0.39, 0.29) is 0 Å². The van der Waals surface area contributed by atoms with Crippen LogP contribution in [0.25, 0.3) is 0 Å². The molecule has 1 rings (SSSR count). The topological polar surface area (TPSA) is 46.5 Å². The molecule has 39 valence electrons. The second-order valence-corrected chi connectivity index (χ2v) is 1.24. The van der Waals surface area contributed by atoms with Gasteiger partial charge in [0.15, 0.2) is 0 Å². The molecule has 0 unspecified atom stereocenters. The van der Waals surface area contributed by atoms with Crippen LogP contribution in [0, 0.1) is 6.08 Å². The molecule has 0 bridgehead atoms.